The monoisotopic (exact) mass is 379 g/mol. The van der Waals surface area contributed by atoms with Crippen LogP contribution >= 0.6 is 12.4 Å². The molecule has 0 aliphatic carbocycles. The number of halogens is 2. The van der Waals surface area contributed by atoms with E-state index in [1.165, 1.54) is 18.6 Å². The highest BCUT2D eigenvalue weighted by Crippen LogP contribution is 2.24. The Morgan fingerprint density at radius 1 is 1.27 bits per heavy atom. The minimum Gasteiger partial charge on any atom is -0.338 e. The molecule has 26 heavy (non-hydrogen) atoms. The number of aryl methyl sites for hydroxylation is 1. The fourth-order valence-corrected chi connectivity index (χ4v) is 3.84. The summed E-state index contributed by atoms with van der Waals surface area (Å²) in [5, 5.41) is 3.21. The Morgan fingerprint density at radius 2 is 1.96 bits per heavy atom. The molecule has 1 unspecified atom stereocenters. The lowest BCUT2D eigenvalue weighted by atomic mass is 9.97. The van der Waals surface area contributed by atoms with Crippen LogP contribution < -0.4 is 5.32 Å². The first-order chi connectivity index (χ1) is 12.0. The molecular weight excluding hydrogens is 353 g/mol. The predicted octanol–water partition coefficient (Wildman–Crippen LogP) is 3.73. The molecule has 1 aliphatic heterocycles. The lowest BCUT2D eigenvalue weighted by Gasteiger charge is -2.32. The average Bonchev–Trinajstić information content (AvgIpc) is 2.90. The zero-order valence-electron chi connectivity index (χ0n) is 15.6. The lowest BCUT2D eigenvalue weighted by Crippen LogP contribution is -2.42. The van der Waals surface area contributed by atoms with Crippen LogP contribution in [0.2, 0.25) is 0 Å². The van der Waals surface area contributed by atoms with Gasteiger partial charge in [0.1, 0.15) is 5.82 Å². The predicted molar refractivity (Wildman–Crippen MR) is 105 cm³/mol. The maximum atomic E-state index is 13.2. The molecule has 0 saturated carbocycles. The molecule has 142 valence electrons. The summed E-state index contributed by atoms with van der Waals surface area (Å²) < 4.78 is 15.2. The van der Waals surface area contributed by atoms with Gasteiger partial charge in [0.15, 0.2) is 0 Å². The van der Waals surface area contributed by atoms with Crippen molar-refractivity contribution >= 4 is 18.3 Å². The second-order valence-electron chi connectivity index (χ2n) is 6.91. The summed E-state index contributed by atoms with van der Waals surface area (Å²) in [6.45, 7) is 6.50. The van der Waals surface area contributed by atoms with Gasteiger partial charge in [-0.2, -0.15) is 0 Å². The van der Waals surface area contributed by atoms with Crippen molar-refractivity contribution < 1.29 is 9.18 Å². The van der Waals surface area contributed by atoms with Crippen LogP contribution in [-0.4, -0.2) is 42.1 Å². The molecule has 3 rings (SSSR count). The summed E-state index contributed by atoms with van der Waals surface area (Å²) in [4.78, 5) is 15.0. The number of nitrogens with zero attached hydrogens (tertiary/aromatic N) is 2. The Bertz CT molecular complexity index is 755. The maximum absolute atomic E-state index is 13.2. The number of nitrogens with one attached hydrogen (secondary N) is 1. The summed E-state index contributed by atoms with van der Waals surface area (Å²) in [5.74, 6) is 0.358. The van der Waals surface area contributed by atoms with Crippen molar-refractivity contribution in [2.24, 2.45) is 5.92 Å². The number of aromatic nitrogens is 1. The van der Waals surface area contributed by atoms with E-state index in [1.54, 1.807) is 12.1 Å². The van der Waals surface area contributed by atoms with E-state index in [0.29, 0.717) is 5.92 Å². The zero-order chi connectivity index (χ0) is 18.0. The first-order valence-corrected chi connectivity index (χ1v) is 8.90. The van der Waals surface area contributed by atoms with Gasteiger partial charge in [0.05, 0.1) is 5.56 Å². The van der Waals surface area contributed by atoms with E-state index in [9.17, 15) is 9.18 Å². The molecule has 0 bridgehead atoms. The molecule has 1 N–H and O–H groups in total. The Kier molecular flexibility index (Phi) is 6.84. The van der Waals surface area contributed by atoms with Gasteiger partial charge in [0.2, 0.25) is 0 Å². The third-order valence-electron chi connectivity index (χ3n) is 5.05. The van der Waals surface area contributed by atoms with E-state index in [-0.39, 0.29) is 24.1 Å². The highest BCUT2D eigenvalue weighted by atomic mass is 35.5. The average molecular weight is 380 g/mol. The minimum absolute atomic E-state index is 0. The third kappa shape index (κ3) is 4.10. The second kappa shape index (κ2) is 8.69. The molecule has 1 aliphatic rings. The molecule has 1 aromatic heterocycles. The van der Waals surface area contributed by atoms with E-state index in [4.69, 9.17) is 0 Å². The van der Waals surface area contributed by atoms with Crippen molar-refractivity contribution in [1.82, 2.24) is 14.8 Å². The zero-order valence-corrected chi connectivity index (χ0v) is 16.4. The summed E-state index contributed by atoms with van der Waals surface area (Å²) in [6.07, 6.45) is 2.22. The Labute approximate surface area is 160 Å². The standard InChI is InChI=1S/C20H26FN3O.ClH/c1-14-11-19(15(2)24(14)18-8-6-17(21)7-9-18)20(25)23-10-4-5-16(13-23)12-22-3;/h6-9,11,16,22H,4-5,10,12-13H2,1-3H3;1H. The number of carbonyl (C=O) groups is 1. The number of likely N-dealkylation sites (tertiary alicyclic amines) is 1. The van der Waals surface area contributed by atoms with Gasteiger partial charge in [-0.3, -0.25) is 4.79 Å². The van der Waals surface area contributed by atoms with E-state index in [2.05, 4.69) is 5.32 Å². The van der Waals surface area contributed by atoms with Crippen LogP contribution in [0.1, 0.15) is 34.6 Å². The van der Waals surface area contributed by atoms with Gasteiger partial charge in [-0.05, 0) is 76.5 Å². The quantitative estimate of drug-likeness (QED) is 0.878. The van der Waals surface area contributed by atoms with Crippen molar-refractivity contribution in [2.75, 3.05) is 26.7 Å². The Balaban J connectivity index is 0.00000243. The molecule has 1 saturated heterocycles. The van der Waals surface area contributed by atoms with Crippen LogP contribution in [0.5, 0.6) is 0 Å². The maximum Gasteiger partial charge on any atom is 0.255 e. The Morgan fingerprint density at radius 3 is 2.62 bits per heavy atom. The number of amides is 1. The molecule has 6 heteroatoms. The van der Waals surface area contributed by atoms with Crippen molar-refractivity contribution in [2.45, 2.75) is 26.7 Å². The topological polar surface area (TPSA) is 37.3 Å². The van der Waals surface area contributed by atoms with Gasteiger partial charge < -0.3 is 14.8 Å². The number of hydrogen-bond donors (Lipinski definition) is 1. The summed E-state index contributed by atoms with van der Waals surface area (Å²) >= 11 is 0. The molecule has 1 fully saturated rings. The van der Waals surface area contributed by atoms with Crippen molar-refractivity contribution in [3.63, 3.8) is 0 Å². The minimum atomic E-state index is -0.258. The van der Waals surface area contributed by atoms with E-state index >= 15 is 0 Å². The van der Waals surface area contributed by atoms with Gasteiger partial charge in [-0.15, -0.1) is 12.4 Å². The number of carbonyl (C=O) groups excluding carboxylic acids is 1. The lowest BCUT2D eigenvalue weighted by molar-refractivity contribution is 0.0673. The first kappa shape index (κ1) is 20.5. The number of rotatable bonds is 4. The van der Waals surface area contributed by atoms with Crippen LogP contribution in [0.25, 0.3) is 5.69 Å². The number of piperidine rings is 1. The molecule has 0 spiro atoms. The normalized spacial score (nSPS) is 17.1. The van der Waals surface area contributed by atoms with Crippen LogP contribution in [0.15, 0.2) is 30.3 Å². The van der Waals surface area contributed by atoms with Crippen LogP contribution in [0, 0.1) is 25.6 Å². The van der Waals surface area contributed by atoms with Gasteiger partial charge in [0, 0.05) is 30.2 Å². The number of benzene rings is 1. The fourth-order valence-electron chi connectivity index (χ4n) is 3.84. The van der Waals surface area contributed by atoms with Crippen LogP contribution in [0.3, 0.4) is 0 Å². The van der Waals surface area contributed by atoms with E-state index in [0.717, 1.165) is 48.7 Å². The molecular formula is C20H27ClFN3O. The number of hydrogen-bond acceptors (Lipinski definition) is 2. The summed E-state index contributed by atoms with van der Waals surface area (Å²) in [7, 11) is 1.96. The smallest absolute Gasteiger partial charge is 0.255 e. The van der Waals surface area contributed by atoms with Crippen LogP contribution in [0.4, 0.5) is 4.39 Å². The van der Waals surface area contributed by atoms with Crippen molar-refractivity contribution in [3.05, 3.63) is 53.1 Å². The molecule has 2 heterocycles. The Hall–Kier alpha value is -1.85. The molecule has 2 aromatic rings. The molecule has 1 amide bonds. The third-order valence-corrected chi connectivity index (χ3v) is 5.05. The van der Waals surface area contributed by atoms with Crippen molar-refractivity contribution in [1.29, 1.82) is 0 Å². The molecule has 1 aromatic carbocycles. The van der Waals surface area contributed by atoms with Gasteiger partial charge in [-0.25, -0.2) is 4.39 Å². The first-order valence-electron chi connectivity index (χ1n) is 8.90. The van der Waals surface area contributed by atoms with Gasteiger partial charge in [0.25, 0.3) is 5.91 Å². The highest BCUT2D eigenvalue weighted by molar-refractivity contribution is 5.96. The van der Waals surface area contributed by atoms with E-state index in [1.807, 2.05) is 36.4 Å². The van der Waals surface area contributed by atoms with E-state index < -0.39 is 0 Å². The van der Waals surface area contributed by atoms with Crippen molar-refractivity contribution in [3.8, 4) is 5.69 Å². The highest BCUT2D eigenvalue weighted by Gasteiger charge is 2.26. The summed E-state index contributed by atoms with van der Waals surface area (Å²) in [6, 6.07) is 8.33. The summed E-state index contributed by atoms with van der Waals surface area (Å²) in [5.41, 5.74) is 3.51. The SMILES string of the molecule is CNCC1CCCN(C(=O)c2cc(C)n(-c3ccc(F)cc3)c2C)C1.Cl. The molecule has 4 nitrogen and oxygen atoms in total. The fraction of sp³-hybridized carbons (Fsp3) is 0.450. The second-order valence-corrected chi connectivity index (χ2v) is 6.91. The largest absolute Gasteiger partial charge is 0.338 e. The molecule has 1 atom stereocenters. The van der Waals surface area contributed by atoms with Gasteiger partial charge >= 0.3 is 0 Å². The molecule has 0 radical (unpaired) electrons. The van der Waals surface area contributed by atoms with Gasteiger partial charge in [-0.1, -0.05) is 0 Å². The van der Waals surface area contributed by atoms with Crippen LogP contribution in [-0.2, 0) is 0 Å².